The van der Waals surface area contributed by atoms with Crippen molar-refractivity contribution in [1.29, 1.82) is 0 Å². The first-order valence-electron chi connectivity index (χ1n) is 12.5. The van der Waals surface area contributed by atoms with E-state index < -0.39 is 0 Å². The molecule has 0 N–H and O–H groups in total. The van der Waals surface area contributed by atoms with Gasteiger partial charge in [0.15, 0.2) is 0 Å². The van der Waals surface area contributed by atoms with Crippen molar-refractivity contribution in [3.63, 3.8) is 0 Å². The molecule has 0 unspecified atom stereocenters. The van der Waals surface area contributed by atoms with E-state index in [1.54, 1.807) is 0 Å². The van der Waals surface area contributed by atoms with Crippen LogP contribution in [0.1, 0.15) is 33.6 Å². The molecule has 1 aromatic heterocycles. The monoisotopic (exact) mass is 659 g/mol. The second kappa shape index (κ2) is 15.3. The predicted octanol–water partition coefficient (Wildman–Crippen LogP) is 10.7. The number of pyridine rings is 1. The Morgan fingerprint density at radius 2 is 0.951 bits per heavy atom. The first-order chi connectivity index (χ1) is 19.9. The third-order valence-corrected chi connectivity index (χ3v) is 6.58. The van der Waals surface area contributed by atoms with E-state index >= 15 is 0 Å². The number of hydrogen-bond acceptors (Lipinski definition) is 3. The van der Waals surface area contributed by atoms with E-state index in [0.29, 0.717) is 10.0 Å². The molecule has 0 saturated carbocycles. The molecule has 8 heteroatoms. The molecule has 5 rings (SSSR count). The number of benzene rings is 4. The van der Waals surface area contributed by atoms with Crippen LogP contribution in [0.5, 0.6) is 0 Å². The zero-order chi connectivity index (χ0) is 29.2. The van der Waals surface area contributed by atoms with Crippen LogP contribution < -0.4 is 0 Å². The second-order valence-corrected chi connectivity index (χ2v) is 11.7. The number of aliphatic imine (C=N–C) groups is 2. The maximum absolute atomic E-state index is 6.21. The van der Waals surface area contributed by atoms with E-state index in [9.17, 15) is 0 Å². The van der Waals surface area contributed by atoms with Crippen LogP contribution >= 0.6 is 43.4 Å². The quantitative estimate of drug-likeness (QED) is 0.132. The summed E-state index contributed by atoms with van der Waals surface area (Å²) in [6.07, 6.45) is 0. The Labute approximate surface area is 265 Å². The molecule has 0 saturated heterocycles. The normalized spacial score (nSPS) is 11.7. The predicted molar refractivity (Wildman–Crippen MR) is 172 cm³/mol. The molecule has 0 aliphatic rings. The van der Waals surface area contributed by atoms with Crippen molar-refractivity contribution in [1.82, 2.24) is 4.98 Å². The molecule has 41 heavy (non-hydrogen) atoms. The van der Waals surface area contributed by atoms with Gasteiger partial charge in [0, 0.05) is 21.2 Å². The molecule has 0 amide bonds. The van der Waals surface area contributed by atoms with E-state index in [1.807, 2.05) is 129 Å². The van der Waals surface area contributed by atoms with Gasteiger partial charge in [-0.2, -0.15) is 0 Å². The molecule has 0 atom stereocenters. The summed E-state index contributed by atoms with van der Waals surface area (Å²) in [5.41, 5.74) is 8.65. The number of aromatic nitrogens is 1. The van der Waals surface area contributed by atoms with Crippen LogP contribution in [0.3, 0.4) is 0 Å². The van der Waals surface area contributed by atoms with Gasteiger partial charge in [0.05, 0.1) is 34.2 Å². The van der Waals surface area contributed by atoms with E-state index in [1.165, 1.54) is 0 Å². The Balaban J connectivity index is 0.00000124. The van der Waals surface area contributed by atoms with Crippen LogP contribution in [-0.2, 0) is 13.1 Å². The van der Waals surface area contributed by atoms with Gasteiger partial charge in [-0.3, -0.25) is 0 Å². The molecular formula is C33H25Cl4FeN3. The molecule has 3 nitrogen and oxygen atoms in total. The van der Waals surface area contributed by atoms with Gasteiger partial charge >= 0.3 is 33.3 Å². The summed E-state index contributed by atoms with van der Waals surface area (Å²) in [5, 5.41) is 1.37. The van der Waals surface area contributed by atoms with Crippen LogP contribution in [0.15, 0.2) is 125 Å². The SMILES string of the molecule is Cc1cc(Cl)ccc1N=C(c1ccccc1)c1cccc(C(=Nc2ccc(Cl)cc2C)c2ccccc2)n1.[Cl][Fe][Cl]. The van der Waals surface area contributed by atoms with Crippen LogP contribution in [-0.4, -0.2) is 16.4 Å². The van der Waals surface area contributed by atoms with Crippen LogP contribution in [0.2, 0.25) is 10.0 Å². The van der Waals surface area contributed by atoms with Crippen molar-refractivity contribution < 1.29 is 13.1 Å². The molecular weight excluding hydrogens is 636 g/mol. The molecule has 0 bridgehead atoms. The molecule has 0 radical (unpaired) electrons. The summed E-state index contributed by atoms with van der Waals surface area (Å²) in [6, 6.07) is 37.6. The van der Waals surface area contributed by atoms with Crippen molar-refractivity contribution in [2.75, 3.05) is 0 Å². The fourth-order valence-electron chi connectivity index (χ4n) is 4.16. The Morgan fingerprint density at radius 1 is 0.561 bits per heavy atom. The number of aryl methyl sites for hydroxylation is 2. The maximum atomic E-state index is 6.21. The van der Waals surface area contributed by atoms with Gasteiger partial charge in [-0.15, -0.1) is 0 Å². The molecule has 0 aliphatic heterocycles. The molecule has 1 heterocycles. The van der Waals surface area contributed by atoms with Crippen molar-refractivity contribution in [2.24, 2.45) is 9.98 Å². The van der Waals surface area contributed by atoms with E-state index in [0.717, 1.165) is 56.4 Å². The molecule has 208 valence electrons. The number of nitrogens with zero attached hydrogens (tertiary/aromatic N) is 3. The summed E-state index contributed by atoms with van der Waals surface area (Å²) in [4.78, 5) is 15.2. The van der Waals surface area contributed by atoms with E-state index in [2.05, 4.69) is 0 Å². The Morgan fingerprint density at radius 3 is 1.32 bits per heavy atom. The zero-order valence-electron chi connectivity index (χ0n) is 22.2. The Bertz CT molecular complexity index is 1550. The number of rotatable bonds is 6. The van der Waals surface area contributed by atoms with Crippen molar-refractivity contribution in [2.45, 2.75) is 13.8 Å². The zero-order valence-corrected chi connectivity index (χ0v) is 26.3. The number of halogens is 4. The van der Waals surface area contributed by atoms with Crippen molar-refractivity contribution in [3.05, 3.63) is 159 Å². The molecule has 0 aliphatic carbocycles. The van der Waals surface area contributed by atoms with Gasteiger partial charge in [-0.25, -0.2) is 15.0 Å². The fourth-order valence-corrected chi connectivity index (χ4v) is 4.61. The van der Waals surface area contributed by atoms with E-state index in [4.69, 9.17) is 58.4 Å². The first kappa shape index (κ1) is 31.0. The topological polar surface area (TPSA) is 37.6 Å². The van der Waals surface area contributed by atoms with Gasteiger partial charge in [0.2, 0.25) is 0 Å². The van der Waals surface area contributed by atoms with Crippen LogP contribution in [0, 0.1) is 13.8 Å². The standard InChI is InChI=1S/C33H25Cl2N3.2ClH.Fe/c1-22-20-26(34)16-18-28(22)37-32(24-10-5-3-6-11-24)30-14-9-15-31(36-30)33(25-12-7-4-8-13-25)38-29-19-17-27(35)21-23(29)2;;;/h3-21H,1-2H3;2*1H;/q;;;+2/p-2. The molecule has 4 aromatic carbocycles. The third kappa shape index (κ3) is 8.53. The van der Waals surface area contributed by atoms with Gasteiger partial charge < -0.3 is 0 Å². The van der Waals surface area contributed by atoms with Gasteiger partial charge in [-0.1, -0.05) is 89.9 Å². The average Bonchev–Trinajstić information content (AvgIpc) is 2.98. The van der Waals surface area contributed by atoms with Crippen molar-refractivity contribution in [3.8, 4) is 0 Å². The Hall–Kier alpha value is -2.95. The summed E-state index contributed by atoms with van der Waals surface area (Å²) in [7, 11) is 9.53. The summed E-state index contributed by atoms with van der Waals surface area (Å²) >= 11 is 12.6. The number of hydrogen-bond donors (Lipinski definition) is 0. The summed E-state index contributed by atoms with van der Waals surface area (Å²) < 4.78 is 0. The van der Waals surface area contributed by atoms with Crippen molar-refractivity contribution >= 4 is 66.2 Å². The second-order valence-electron chi connectivity index (χ2n) is 8.97. The van der Waals surface area contributed by atoms with Crippen LogP contribution in [0.4, 0.5) is 11.4 Å². The molecule has 0 spiro atoms. The minimum atomic E-state index is 0.194. The average molecular weight is 661 g/mol. The Kier molecular flexibility index (Phi) is 11.6. The van der Waals surface area contributed by atoms with Gasteiger partial charge in [0.25, 0.3) is 0 Å². The van der Waals surface area contributed by atoms with Crippen LogP contribution in [0.25, 0.3) is 0 Å². The third-order valence-electron chi connectivity index (χ3n) is 6.11. The van der Waals surface area contributed by atoms with Gasteiger partial charge in [-0.05, 0) is 73.5 Å². The molecule has 5 aromatic rings. The summed E-state index contributed by atoms with van der Waals surface area (Å²) in [5.74, 6) is 0. The fraction of sp³-hybridized carbons (Fsp3) is 0.0606. The minimum absolute atomic E-state index is 0.194. The van der Waals surface area contributed by atoms with Gasteiger partial charge in [0.1, 0.15) is 0 Å². The first-order valence-corrected chi connectivity index (χ1v) is 16.3. The summed E-state index contributed by atoms with van der Waals surface area (Å²) in [6.45, 7) is 4.01. The van der Waals surface area contributed by atoms with E-state index in [-0.39, 0.29) is 13.1 Å². The molecule has 0 fully saturated rings.